The van der Waals surface area contributed by atoms with Crippen LogP contribution >= 0.6 is 0 Å². The summed E-state index contributed by atoms with van der Waals surface area (Å²) < 4.78 is 10.8. The number of amides is 1. The Morgan fingerprint density at radius 1 is 1.10 bits per heavy atom. The van der Waals surface area contributed by atoms with Crippen molar-refractivity contribution in [1.29, 1.82) is 0 Å². The Kier molecular flexibility index (Phi) is 6.56. The minimum absolute atomic E-state index is 0.0215. The fourth-order valence-corrected chi connectivity index (χ4v) is 3.48. The van der Waals surface area contributed by atoms with Gasteiger partial charge in [-0.2, -0.15) is 0 Å². The summed E-state index contributed by atoms with van der Waals surface area (Å²) in [5.74, 6) is 1.85. The number of esters is 1. The van der Waals surface area contributed by atoms with E-state index in [1.54, 1.807) is 6.92 Å². The second-order valence-corrected chi connectivity index (χ2v) is 7.07. The molecule has 0 aromatic heterocycles. The van der Waals surface area contributed by atoms with Gasteiger partial charge in [0.2, 0.25) is 0 Å². The molecule has 2 aromatic rings. The van der Waals surface area contributed by atoms with Gasteiger partial charge in [0.05, 0.1) is 12.6 Å². The van der Waals surface area contributed by atoms with Gasteiger partial charge in [0, 0.05) is 5.92 Å². The first-order chi connectivity index (χ1) is 14.0. The highest BCUT2D eigenvalue weighted by atomic mass is 16.6. The van der Waals surface area contributed by atoms with Crippen molar-refractivity contribution in [3.8, 4) is 23.5 Å². The molecule has 1 aliphatic rings. The Hall–Kier alpha value is -3.26. The molecule has 2 aromatic carbocycles. The number of terminal acetylenes is 1. The number of carbonyl (C=O) groups excluding carboxylic acids is 2. The quantitative estimate of drug-likeness (QED) is 0.524. The maximum atomic E-state index is 12.6. The monoisotopic (exact) mass is 391 g/mol. The van der Waals surface area contributed by atoms with Gasteiger partial charge < -0.3 is 9.47 Å². The molecule has 0 heterocycles. The standard InChI is InChI=1S/C24H25NO4/c1-4-14-25(15-23(26)29-17(3)5-2)24(27)28-16-22-20-12-8-6-10-18(20)19-11-7-9-13-21(19)22/h1,6-13,17,22H,5,14-16H2,2-3H3. The van der Waals surface area contributed by atoms with E-state index in [2.05, 4.69) is 30.2 Å². The number of ether oxygens (including phenoxy) is 2. The molecule has 1 aliphatic carbocycles. The van der Waals surface area contributed by atoms with Crippen molar-refractivity contribution in [2.75, 3.05) is 19.7 Å². The molecule has 0 saturated heterocycles. The zero-order chi connectivity index (χ0) is 20.8. The molecule has 0 aliphatic heterocycles. The predicted molar refractivity (Wildman–Crippen MR) is 111 cm³/mol. The fourth-order valence-electron chi connectivity index (χ4n) is 3.48. The molecular weight excluding hydrogens is 366 g/mol. The lowest BCUT2D eigenvalue weighted by molar-refractivity contribution is -0.149. The third-order valence-corrected chi connectivity index (χ3v) is 5.10. The van der Waals surface area contributed by atoms with E-state index in [1.165, 1.54) is 4.90 Å². The van der Waals surface area contributed by atoms with E-state index in [9.17, 15) is 9.59 Å². The maximum absolute atomic E-state index is 12.6. The molecule has 3 rings (SSSR count). The van der Waals surface area contributed by atoms with E-state index in [4.69, 9.17) is 15.9 Å². The lowest BCUT2D eigenvalue weighted by Crippen LogP contribution is -2.38. The molecule has 150 valence electrons. The second-order valence-electron chi connectivity index (χ2n) is 7.07. The number of benzene rings is 2. The van der Waals surface area contributed by atoms with E-state index in [0.29, 0.717) is 6.42 Å². The lowest BCUT2D eigenvalue weighted by atomic mass is 9.98. The molecule has 0 bridgehead atoms. The third kappa shape index (κ3) is 4.60. The molecule has 1 amide bonds. The minimum atomic E-state index is -0.620. The highest BCUT2D eigenvalue weighted by molar-refractivity contribution is 5.80. The van der Waals surface area contributed by atoms with Crippen molar-refractivity contribution in [1.82, 2.24) is 4.90 Å². The molecular formula is C24H25NO4. The normalized spacial score (nSPS) is 13.0. The fraction of sp³-hybridized carbons (Fsp3) is 0.333. The van der Waals surface area contributed by atoms with Crippen molar-refractivity contribution in [2.45, 2.75) is 32.3 Å². The largest absolute Gasteiger partial charge is 0.461 e. The van der Waals surface area contributed by atoms with Gasteiger partial charge in [-0.05, 0) is 35.6 Å². The Balaban J connectivity index is 1.69. The van der Waals surface area contributed by atoms with Crippen LogP contribution < -0.4 is 0 Å². The summed E-state index contributed by atoms with van der Waals surface area (Å²) in [5.41, 5.74) is 4.56. The summed E-state index contributed by atoms with van der Waals surface area (Å²) in [6, 6.07) is 16.2. The number of rotatable bonds is 7. The molecule has 0 saturated carbocycles. The molecule has 1 atom stereocenters. The molecule has 29 heavy (non-hydrogen) atoms. The Bertz CT molecular complexity index is 885. The van der Waals surface area contributed by atoms with Crippen LogP contribution in [-0.2, 0) is 14.3 Å². The maximum Gasteiger partial charge on any atom is 0.411 e. The van der Waals surface area contributed by atoms with Gasteiger partial charge in [-0.15, -0.1) is 6.42 Å². The van der Waals surface area contributed by atoms with Gasteiger partial charge in [-0.1, -0.05) is 61.4 Å². The van der Waals surface area contributed by atoms with Crippen LogP contribution in [0.5, 0.6) is 0 Å². The van der Waals surface area contributed by atoms with E-state index >= 15 is 0 Å². The average Bonchev–Trinajstić information content (AvgIpc) is 3.05. The highest BCUT2D eigenvalue weighted by Gasteiger charge is 2.30. The van der Waals surface area contributed by atoms with Gasteiger partial charge in [0.1, 0.15) is 13.2 Å². The number of fused-ring (bicyclic) bond motifs is 3. The predicted octanol–water partition coefficient (Wildman–Crippen LogP) is 4.21. The van der Waals surface area contributed by atoms with E-state index < -0.39 is 12.1 Å². The van der Waals surface area contributed by atoms with E-state index in [1.807, 2.05) is 31.2 Å². The lowest BCUT2D eigenvalue weighted by Gasteiger charge is -2.22. The van der Waals surface area contributed by atoms with Crippen LogP contribution in [0.3, 0.4) is 0 Å². The minimum Gasteiger partial charge on any atom is -0.461 e. The summed E-state index contributed by atoms with van der Waals surface area (Å²) >= 11 is 0. The van der Waals surface area contributed by atoms with Crippen LogP contribution in [-0.4, -0.2) is 42.8 Å². The average molecular weight is 391 g/mol. The zero-order valence-corrected chi connectivity index (χ0v) is 16.8. The molecule has 0 spiro atoms. The van der Waals surface area contributed by atoms with Gasteiger partial charge in [0.25, 0.3) is 0 Å². The van der Waals surface area contributed by atoms with Crippen LogP contribution in [0.25, 0.3) is 11.1 Å². The molecule has 5 nitrogen and oxygen atoms in total. The van der Waals surface area contributed by atoms with E-state index in [0.717, 1.165) is 22.3 Å². The Morgan fingerprint density at radius 3 is 2.24 bits per heavy atom. The summed E-state index contributed by atoms with van der Waals surface area (Å²) in [6.07, 6.45) is 5.23. The van der Waals surface area contributed by atoms with Gasteiger partial charge >= 0.3 is 12.1 Å². The summed E-state index contributed by atoms with van der Waals surface area (Å²) in [7, 11) is 0. The van der Waals surface area contributed by atoms with Crippen molar-refractivity contribution >= 4 is 12.1 Å². The zero-order valence-electron chi connectivity index (χ0n) is 16.8. The van der Waals surface area contributed by atoms with Crippen molar-refractivity contribution < 1.29 is 19.1 Å². The smallest absolute Gasteiger partial charge is 0.411 e. The number of hydrogen-bond acceptors (Lipinski definition) is 4. The van der Waals surface area contributed by atoms with E-state index in [-0.39, 0.29) is 31.7 Å². The van der Waals surface area contributed by atoms with Gasteiger partial charge in [-0.25, -0.2) is 4.79 Å². The van der Waals surface area contributed by atoms with Gasteiger partial charge in [-0.3, -0.25) is 9.69 Å². The SMILES string of the molecule is C#CCN(CC(=O)OC(C)CC)C(=O)OCC1c2ccccc2-c2ccccc21. The van der Waals surface area contributed by atoms with Gasteiger partial charge in [0.15, 0.2) is 0 Å². The second kappa shape index (κ2) is 9.29. The highest BCUT2D eigenvalue weighted by Crippen LogP contribution is 2.44. The number of nitrogens with zero attached hydrogens (tertiary/aromatic N) is 1. The topological polar surface area (TPSA) is 55.8 Å². The molecule has 0 radical (unpaired) electrons. The number of hydrogen-bond donors (Lipinski definition) is 0. The van der Waals surface area contributed by atoms with Crippen LogP contribution in [0.4, 0.5) is 4.79 Å². The number of carbonyl (C=O) groups is 2. The molecule has 5 heteroatoms. The first kappa shape index (κ1) is 20.5. The molecule has 0 N–H and O–H groups in total. The molecule has 0 fully saturated rings. The summed E-state index contributed by atoms with van der Waals surface area (Å²) in [4.78, 5) is 25.8. The third-order valence-electron chi connectivity index (χ3n) is 5.10. The van der Waals surface area contributed by atoms with Crippen molar-refractivity contribution in [2.24, 2.45) is 0 Å². The molecule has 1 unspecified atom stereocenters. The Morgan fingerprint density at radius 2 is 1.69 bits per heavy atom. The summed E-state index contributed by atoms with van der Waals surface area (Å²) in [6.45, 7) is 3.64. The summed E-state index contributed by atoms with van der Waals surface area (Å²) in [5, 5.41) is 0. The first-order valence-corrected chi connectivity index (χ1v) is 9.78. The van der Waals surface area contributed by atoms with Crippen molar-refractivity contribution in [3.05, 3.63) is 59.7 Å². The van der Waals surface area contributed by atoms with Crippen LogP contribution in [0.15, 0.2) is 48.5 Å². The first-order valence-electron chi connectivity index (χ1n) is 9.78. The van der Waals surface area contributed by atoms with Crippen LogP contribution in [0.2, 0.25) is 0 Å². The van der Waals surface area contributed by atoms with Crippen molar-refractivity contribution in [3.63, 3.8) is 0 Å². The van der Waals surface area contributed by atoms with Crippen LogP contribution in [0, 0.1) is 12.3 Å². The Labute approximate surface area is 171 Å². The van der Waals surface area contributed by atoms with Crippen LogP contribution in [0.1, 0.15) is 37.3 Å².